The molecule has 1 aromatic carbocycles. The Kier molecular flexibility index (Phi) is 5.29. The molecular weight excluding hydrogens is 360 g/mol. The van der Waals surface area contributed by atoms with Crippen LogP contribution in [0.3, 0.4) is 0 Å². The van der Waals surface area contributed by atoms with Crippen molar-refractivity contribution in [2.75, 3.05) is 7.11 Å². The number of aromatic nitrogens is 2. The molecule has 2 aromatic rings. The third kappa shape index (κ3) is 4.02. The molecule has 0 bridgehead atoms. The van der Waals surface area contributed by atoms with E-state index in [0.29, 0.717) is 24.8 Å². The lowest BCUT2D eigenvalue weighted by molar-refractivity contribution is -0.145. The molecule has 1 aromatic heterocycles. The monoisotopic (exact) mass is 377 g/mol. The van der Waals surface area contributed by atoms with Crippen molar-refractivity contribution >= 4 is 11.9 Å². The van der Waals surface area contributed by atoms with Gasteiger partial charge in [0.05, 0.1) is 12.8 Å². The minimum Gasteiger partial charge on any atom is -0.467 e. The van der Waals surface area contributed by atoms with Crippen LogP contribution in [-0.4, -0.2) is 29.2 Å². The van der Waals surface area contributed by atoms with E-state index in [0.717, 1.165) is 24.9 Å². The molecule has 0 saturated carbocycles. The minimum absolute atomic E-state index is 0.0726. The summed E-state index contributed by atoms with van der Waals surface area (Å²) in [7, 11) is 1.14. The number of carbonyl (C=O) groups is 2. The number of nitrogens with one attached hydrogen (secondary N) is 2. The van der Waals surface area contributed by atoms with Crippen molar-refractivity contribution < 1.29 is 23.1 Å². The summed E-state index contributed by atoms with van der Waals surface area (Å²) in [5, 5.41) is 8.85. The second-order valence-electron chi connectivity index (χ2n) is 6.28. The molecule has 27 heavy (non-hydrogen) atoms. The van der Waals surface area contributed by atoms with Gasteiger partial charge in [-0.1, -0.05) is 6.07 Å². The normalized spacial score (nSPS) is 16.9. The number of ether oxygens (including phenoxy) is 1. The number of aromatic amines is 1. The molecule has 2 atom stereocenters. The minimum atomic E-state index is -1.27. The largest absolute Gasteiger partial charge is 0.467 e. The molecule has 1 amide bonds. The zero-order valence-electron chi connectivity index (χ0n) is 14.4. The smallest absolute Gasteiger partial charge is 0.333 e. The topological polar surface area (TPSA) is 101 Å². The van der Waals surface area contributed by atoms with Crippen molar-refractivity contribution in [2.24, 2.45) is 5.92 Å². The van der Waals surface area contributed by atoms with Crippen LogP contribution in [0.1, 0.15) is 29.3 Å². The molecule has 0 radical (unpaired) electrons. The highest BCUT2D eigenvalue weighted by Crippen LogP contribution is 2.25. The zero-order valence-corrected chi connectivity index (χ0v) is 14.4. The van der Waals surface area contributed by atoms with Crippen LogP contribution in [0.25, 0.3) is 0 Å². The molecule has 0 fully saturated rings. The fraction of sp³-hybridized carbons (Fsp3) is 0.333. The first-order valence-corrected chi connectivity index (χ1v) is 8.29. The van der Waals surface area contributed by atoms with E-state index in [1.54, 1.807) is 0 Å². The number of H-pyrrole nitrogens is 1. The van der Waals surface area contributed by atoms with Gasteiger partial charge in [-0.05, 0) is 42.5 Å². The molecule has 0 saturated heterocycles. The molecule has 7 nitrogen and oxygen atoms in total. The SMILES string of the molecule is COC(=O)C(NC(=O)C1CCc2n[nH]c(=O)cc2C1)c1ccc(F)c(F)c1. The number of hydrogen-bond donors (Lipinski definition) is 2. The van der Waals surface area contributed by atoms with Gasteiger partial charge in [0.25, 0.3) is 5.56 Å². The Labute approximate surface area is 152 Å². The van der Waals surface area contributed by atoms with E-state index in [9.17, 15) is 23.2 Å². The van der Waals surface area contributed by atoms with Gasteiger partial charge in [0.15, 0.2) is 17.7 Å². The van der Waals surface area contributed by atoms with Gasteiger partial charge in [0.1, 0.15) is 0 Å². The van der Waals surface area contributed by atoms with E-state index in [-0.39, 0.29) is 11.1 Å². The van der Waals surface area contributed by atoms with Gasteiger partial charge in [0, 0.05) is 12.0 Å². The first-order chi connectivity index (χ1) is 12.9. The van der Waals surface area contributed by atoms with Crippen LogP contribution in [0, 0.1) is 17.6 Å². The summed E-state index contributed by atoms with van der Waals surface area (Å²) in [4.78, 5) is 36.1. The molecule has 1 aliphatic carbocycles. The fourth-order valence-corrected chi connectivity index (χ4v) is 3.11. The van der Waals surface area contributed by atoms with Crippen molar-refractivity contribution in [2.45, 2.75) is 25.3 Å². The Hall–Kier alpha value is -3.10. The highest BCUT2D eigenvalue weighted by Gasteiger charge is 2.31. The molecule has 9 heteroatoms. The number of fused-ring (bicyclic) bond motifs is 1. The van der Waals surface area contributed by atoms with Crippen LogP contribution in [0.4, 0.5) is 8.78 Å². The Morgan fingerprint density at radius 3 is 2.78 bits per heavy atom. The number of hydrogen-bond acceptors (Lipinski definition) is 5. The van der Waals surface area contributed by atoms with Gasteiger partial charge in [-0.25, -0.2) is 18.7 Å². The highest BCUT2D eigenvalue weighted by molar-refractivity contribution is 5.87. The van der Waals surface area contributed by atoms with Crippen LogP contribution < -0.4 is 10.9 Å². The summed E-state index contributed by atoms with van der Waals surface area (Å²) in [6.07, 6.45) is 1.27. The summed E-state index contributed by atoms with van der Waals surface area (Å²) < 4.78 is 31.4. The number of amides is 1. The fourth-order valence-electron chi connectivity index (χ4n) is 3.11. The number of carbonyl (C=O) groups excluding carboxylic acids is 2. The Bertz CT molecular complexity index is 944. The van der Waals surface area contributed by atoms with Crippen LogP contribution in [-0.2, 0) is 27.2 Å². The summed E-state index contributed by atoms with van der Waals surface area (Å²) in [5.74, 6) is -3.92. The molecule has 0 spiro atoms. The molecule has 3 rings (SSSR count). The van der Waals surface area contributed by atoms with Crippen LogP contribution in [0.2, 0.25) is 0 Å². The molecule has 0 aliphatic heterocycles. The summed E-state index contributed by atoms with van der Waals surface area (Å²) in [6, 6.07) is 3.06. The van der Waals surface area contributed by atoms with Crippen LogP contribution in [0.5, 0.6) is 0 Å². The predicted molar refractivity (Wildman–Crippen MR) is 89.6 cm³/mol. The van der Waals surface area contributed by atoms with Gasteiger partial charge in [-0.15, -0.1) is 0 Å². The summed E-state index contributed by atoms with van der Waals surface area (Å²) >= 11 is 0. The molecule has 142 valence electrons. The Morgan fingerprint density at radius 1 is 1.30 bits per heavy atom. The number of benzene rings is 1. The zero-order chi connectivity index (χ0) is 19.6. The lowest BCUT2D eigenvalue weighted by Crippen LogP contribution is -2.40. The van der Waals surface area contributed by atoms with Gasteiger partial charge in [0.2, 0.25) is 5.91 Å². The third-order valence-corrected chi connectivity index (χ3v) is 4.54. The lowest BCUT2D eigenvalue weighted by Gasteiger charge is -2.25. The predicted octanol–water partition coefficient (Wildman–Crippen LogP) is 1.18. The maximum Gasteiger partial charge on any atom is 0.333 e. The van der Waals surface area contributed by atoms with Gasteiger partial charge >= 0.3 is 5.97 Å². The summed E-state index contributed by atoms with van der Waals surface area (Å²) in [5.41, 5.74) is 1.11. The number of methoxy groups -OCH3 is 1. The quantitative estimate of drug-likeness (QED) is 0.780. The summed E-state index contributed by atoms with van der Waals surface area (Å²) in [6.45, 7) is 0. The van der Waals surface area contributed by atoms with Crippen molar-refractivity contribution in [1.82, 2.24) is 15.5 Å². The van der Waals surface area contributed by atoms with Gasteiger partial charge in [-0.2, -0.15) is 5.10 Å². The van der Waals surface area contributed by atoms with E-state index in [1.165, 1.54) is 12.1 Å². The van der Waals surface area contributed by atoms with Crippen LogP contribution in [0.15, 0.2) is 29.1 Å². The Morgan fingerprint density at radius 2 is 2.07 bits per heavy atom. The van der Waals surface area contributed by atoms with Crippen molar-refractivity contribution in [3.63, 3.8) is 0 Å². The number of esters is 1. The third-order valence-electron chi connectivity index (χ3n) is 4.54. The van der Waals surface area contributed by atoms with Crippen molar-refractivity contribution in [1.29, 1.82) is 0 Å². The first kappa shape index (κ1) is 18.7. The number of aryl methyl sites for hydroxylation is 1. The highest BCUT2D eigenvalue weighted by atomic mass is 19.2. The van der Waals surface area contributed by atoms with E-state index in [2.05, 4.69) is 20.3 Å². The van der Waals surface area contributed by atoms with Crippen LogP contribution >= 0.6 is 0 Å². The molecule has 2 N–H and O–H groups in total. The maximum absolute atomic E-state index is 13.5. The van der Waals surface area contributed by atoms with E-state index in [4.69, 9.17) is 0 Å². The van der Waals surface area contributed by atoms with E-state index < -0.39 is 35.5 Å². The van der Waals surface area contributed by atoms with Gasteiger partial charge < -0.3 is 10.1 Å². The molecule has 2 unspecified atom stereocenters. The second kappa shape index (κ2) is 7.65. The standard InChI is InChI=1S/C18H17F2N3O4/c1-27-18(26)16(9-2-4-12(19)13(20)7-9)21-17(25)10-3-5-14-11(6-10)8-15(24)23-22-14/h2,4,7-8,10,16H,3,5-6H2,1H3,(H,21,25)(H,23,24). The molecular formula is C18H17F2N3O4. The number of rotatable bonds is 4. The average Bonchev–Trinajstić information content (AvgIpc) is 2.67. The first-order valence-electron chi connectivity index (χ1n) is 8.29. The number of nitrogens with zero attached hydrogens (tertiary/aromatic N) is 1. The van der Waals surface area contributed by atoms with Crippen molar-refractivity contribution in [3.8, 4) is 0 Å². The van der Waals surface area contributed by atoms with E-state index >= 15 is 0 Å². The average molecular weight is 377 g/mol. The molecule has 1 aliphatic rings. The molecule has 1 heterocycles. The maximum atomic E-state index is 13.5. The second-order valence-corrected chi connectivity index (χ2v) is 6.28. The van der Waals surface area contributed by atoms with E-state index in [1.807, 2.05) is 0 Å². The number of halogens is 2. The lowest BCUT2D eigenvalue weighted by atomic mass is 9.86. The van der Waals surface area contributed by atoms with Crippen molar-refractivity contribution in [3.05, 3.63) is 63.1 Å². The Balaban J connectivity index is 1.79. The van der Waals surface area contributed by atoms with Gasteiger partial charge in [-0.3, -0.25) is 9.59 Å².